The molecular weight excluding hydrogens is 368 g/mol. The van der Waals surface area contributed by atoms with E-state index in [0.29, 0.717) is 0 Å². The van der Waals surface area contributed by atoms with E-state index in [1.54, 1.807) is 23.7 Å². The fourth-order valence-electron chi connectivity index (χ4n) is 3.42. The van der Waals surface area contributed by atoms with Crippen LogP contribution in [-0.2, 0) is 10.2 Å². The minimum Gasteiger partial charge on any atom is -0.369 e. The predicted octanol–water partition coefficient (Wildman–Crippen LogP) is 3.60. The van der Waals surface area contributed by atoms with Crippen LogP contribution in [0.1, 0.15) is 29.7 Å². The first-order valence-corrected chi connectivity index (χ1v) is 9.88. The molecule has 0 atom stereocenters. The summed E-state index contributed by atoms with van der Waals surface area (Å²) in [5, 5.41) is 12.3. The molecule has 0 saturated heterocycles. The number of fused-ring (bicyclic) bond motifs is 1. The summed E-state index contributed by atoms with van der Waals surface area (Å²) in [5.74, 6) is 6.05. The Morgan fingerprint density at radius 2 is 2.04 bits per heavy atom. The lowest BCUT2D eigenvalue weighted by molar-refractivity contribution is -0.120. The highest BCUT2D eigenvalue weighted by molar-refractivity contribution is 7.08. The molecule has 0 radical (unpaired) electrons. The Hall–Kier alpha value is -3.43. The lowest BCUT2D eigenvalue weighted by atomic mass is 9.94. The van der Waals surface area contributed by atoms with E-state index in [1.807, 2.05) is 35.0 Å². The number of benzene rings is 1. The van der Waals surface area contributed by atoms with Gasteiger partial charge in [0.05, 0.1) is 10.9 Å². The molecule has 0 aliphatic heterocycles. The Bertz CT molecular complexity index is 1260. The number of aromatic amines is 1. The number of aromatic nitrogens is 3. The van der Waals surface area contributed by atoms with Crippen molar-refractivity contribution in [2.24, 2.45) is 5.73 Å². The van der Waals surface area contributed by atoms with Crippen LogP contribution in [0.2, 0.25) is 0 Å². The van der Waals surface area contributed by atoms with Gasteiger partial charge < -0.3 is 5.73 Å². The van der Waals surface area contributed by atoms with Gasteiger partial charge in [-0.25, -0.2) is 0 Å². The molecule has 0 unspecified atom stereocenters. The minimum atomic E-state index is -0.542. The van der Waals surface area contributed by atoms with Crippen molar-refractivity contribution in [2.75, 3.05) is 0 Å². The van der Waals surface area contributed by atoms with Crippen molar-refractivity contribution in [3.05, 3.63) is 70.3 Å². The Balaban J connectivity index is 1.55. The lowest BCUT2D eigenvalue weighted by Crippen LogP contribution is -2.28. The Morgan fingerprint density at radius 1 is 1.14 bits per heavy atom. The Morgan fingerprint density at radius 3 is 2.79 bits per heavy atom. The van der Waals surface area contributed by atoms with Crippen molar-refractivity contribution < 1.29 is 4.79 Å². The molecule has 1 aliphatic rings. The van der Waals surface area contributed by atoms with Gasteiger partial charge in [-0.2, -0.15) is 16.4 Å². The van der Waals surface area contributed by atoms with Crippen LogP contribution in [0.4, 0.5) is 0 Å². The molecule has 4 aromatic rings. The summed E-state index contributed by atoms with van der Waals surface area (Å²) >= 11 is 1.62. The third kappa shape index (κ3) is 2.77. The van der Waals surface area contributed by atoms with Gasteiger partial charge in [0.25, 0.3) is 0 Å². The number of hydrogen-bond donors (Lipinski definition) is 2. The number of nitrogens with two attached hydrogens (primary N) is 1. The van der Waals surface area contributed by atoms with E-state index >= 15 is 0 Å². The highest BCUT2D eigenvalue weighted by atomic mass is 32.1. The molecular formula is C22H16N4OS. The van der Waals surface area contributed by atoms with Crippen molar-refractivity contribution in [3.8, 4) is 23.0 Å². The standard InChI is InChI=1S/C22H16N4OS/c23-21(27)22(6-7-22)17-9-16(11-24-12-17)15-2-4-20-18(10-15)19(25-26-20)3-1-14-5-8-28-13-14/h2,4-5,8-13H,6-7H2,(H2,23,27)(H,25,26). The second kappa shape index (κ2) is 6.32. The number of primary amides is 1. The van der Waals surface area contributed by atoms with Crippen molar-refractivity contribution in [1.82, 2.24) is 15.2 Å². The fraction of sp³-hybridized carbons (Fsp3) is 0.136. The molecule has 1 fully saturated rings. The van der Waals surface area contributed by atoms with Gasteiger partial charge in [0.15, 0.2) is 0 Å². The maximum Gasteiger partial charge on any atom is 0.228 e. The number of thiophene rings is 1. The normalized spacial score (nSPS) is 14.4. The average molecular weight is 384 g/mol. The largest absolute Gasteiger partial charge is 0.369 e. The van der Waals surface area contributed by atoms with E-state index in [-0.39, 0.29) is 5.91 Å². The van der Waals surface area contributed by atoms with E-state index in [0.717, 1.165) is 51.7 Å². The number of rotatable bonds is 3. The molecule has 5 rings (SSSR count). The van der Waals surface area contributed by atoms with Crippen molar-refractivity contribution in [2.45, 2.75) is 18.3 Å². The van der Waals surface area contributed by atoms with E-state index < -0.39 is 5.41 Å². The van der Waals surface area contributed by atoms with Gasteiger partial charge in [-0.3, -0.25) is 14.9 Å². The Kier molecular flexibility index (Phi) is 3.78. The number of H-pyrrole nitrogens is 1. The lowest BCUT2D eigenvalue weighted by Gasteiger charge is -2.12. The average Bonchev–Trinajstić information content (AvgIpc) is 3.19. The van der Waals surface area contributed by atoms with Crippen LogP contribution >= 0.6 is 11.3 Å². The van der Waals surface area contributed by atoms with Gasteiger partial charge in [-0.15, -0.1) is 0 Å². The molecule has 0 spiro atoms. The number of carbonyl (C=O) groups is 1. The second-order valence-corrected chi connectivity index (χ2v) is 7.78. The predicted molar refractivity (Wildman–Crippen MR) is 110 cm³/mol. The first kappa shape index (κ1) is 16.7. The summed E-state index contributed by atoms with van der Waals surface area (Å²) in [6, 6.07) is 10.0. The van der Waals surface area contributed by atoms with E-state index in [2.05, 4.69) is 33.1 Å². The van der Waals surface area contributed by atoms with Crippen LogP contribution in [0.3, 0.4) is 0 Å². The molecule has 136 valence electrons. The van der Waals surface area contributed by atoms with Crippen molar-refractivity contribution >= 4 is 28.1 Å². The van der Waals surface area contributed by atoms with Crippen molar-refractivity contribution in [1.29, 1.82) is 0 Å². The molecule has 1 aliphatic carbocycles. The maximum atomic E-state index is 11.9. The van der Waals surface area contributed by atoms with Crippen LogP contribution in [-0.4, -0.2) is 21.1 Å². The summed E-state index contributed by atoms with van der Waals surface area (Å²) in [6.45, 7) is 0. The number of amides is 1. The third-order valence-corrected chi connectivity index (χ3v) is 5.94. The molecule has 3 N–H and O–H groups in total. The summed E-state index contributed by atoms with van der Waals surface area (Å²) in [5.41, 5.74) is 10.5. The van der Waals surface area contributed by atoms with Gasteiger partial charge in [0.1, 0.15) is 5.69 Å². The smallest absolute Gasteiger partial charge is 0.228 e. The molecule has 3 heterocycles. The van der Waals surface area contributed by atoms with Gasteiger partial charge >= 0.3 is 0 Å². The topological polar surface area (TPSA) is 84.7 Å². The number of carbonyl (C=O) groups excluding carboxylic acids is 1. The molecule has 1 saturated carbocycles. The number of nitrogens with zero attached hydrogens (tertiary/aromatic N) is 2. The van der Waals surface area contributed by atoms with E-state index in [4.69, 9.17) is 5.73 Å². The molecule has 6 heteroatoms. The number of nitrogens with one attached hydrogen (secondary N) is 1. The second-order valence-electron chi connectivity index (χ2n) is 7.00. The fourth-order valence-corrected chi connectivity index (χ4v) is 4.00. The highest BCUT2D eigenvalue weighted by Gasteiger charge is 2.50. The van der Waals surface area contributed by atoms with Crippen LogP contribution in [0.25, 0.3) is 22.0 Å². The van der Waals surface area contributed by atoms with E-state index in [9.17, 15) is 4.79 Å². The first-order valence-electron chi connectivity index (χ1n) is 8.94. The number of pyridine rings is 1. The zero-order valence-electron chi connectivity index (χ0n) is 14.9. The Labute approximate surface area is 165 Å². The van der Waals surface area contributed by atoms with Gasteiger partial charge in [0.2, 0.25) is 5.91 Å². The highest BCUT2D eigenvalue weighted by Crippen LogP contribution is 2.48. The molecule has 3 aromatic heterocycles. The first-order chi connectivity index (χ1) is 13.7. The molecule has 1 aromatic carbocycles. The molecule has 28 heavy (non-hydrogen) atoms. The van der Waals surface area contributed by atoms with Crippen LogP contribution in [0.15, 0.2) is 53.5 Å². The zero-order chi connectivity index (χ0) is 19.1. The monoisotopic (exact) mass is 384 g/mol. The molecule has 5 nitrogen and oxygen atoms in total. The van der Waals surface area contributed by atoms with Crippen LogP contribution in [0, 0.1) is 11.8 Å². The van der Waals surface area contributed by atoms with Gasteiger partial charge in [-0.05, 0) is 59.5 Å². The van der Waals surface area contributed by atoms with Crippen LogP contribution in [0.5, 0.6) is 0 Å². The summed E-state index contributed by atoms with van der Waals surface area (Å²) in [6.07, 6.45) is 5.13. The summed E-state index contributed by atoms with van der Waals surface area (Å²) in [4.78, 5) is 16.2. The minimum absolute atomic E-state index is 0.275. The quantitative estimate of drug-likeness (QED) is 0.529. The summed E-state index contributed by atoms with van der Waals surface area (Å²) in [7, 11) is 0. The number of hydrogen-bond acceptors (Lipinski definition) is 4. The zero-order valence-corrected chi connectivity index (χ0v) is 15.7. The third-order valence-electron chi connectivity index (χ3n) is 5.25. The van der Waals surface area contributed by atoms with Gasteiger partial charge in [0, 0.05) is 34.3 Å². The molecule has 1 amide bonds. The van der Waals surface area contributed by atoms with Crippen molar-refractivity contribution in [3.63, 3.8) is 0 Å². The SMILES string of the molecule is NC(=O)C1(c2cncc(-c3ccc4n[nH]c(C#Cc5ccsc5)c4c3)c2)CC1. The molecule has 0 bridgehead atoms. The van der Waals surface area contributed by atoms with Gasteiger partial charge in [-0.1, -0.05) is 12.0 Å². The summed E-state index contributed by atoms with van der Waals surface area (Å²) < 4.78 is 0. The van der Waals surface area contributed by atoms with E-state index in [1.165, 1.54) is 0 Å². The maximum absolute atomic E-state index is 11.9. The van der Waals surface area contributed by atoms with Crippen LogP contribution < -0.4 is 5.73 Å².